The number of methoxy groups -OCH3 is 1. The summed E-state index contributed by atoms with van der Waals surface area (Å²) in [6.07, 6.45) is 7.79. The summed E-state index contributed by atoms with van der Waals surface area (Å²) in [6, 6.07) is 0.216. The summed E-state index contributed by atoms with van der Waals surface area (Å²) in [5.41, 5.74) is -0.271. The molecular formula is C28H37N5O5. The van der Waals surface area contributed by atoms with Gasteiger partial charge < -0.3 is 29.4 Å². The van der Waals surface area contributed by atoms with Crippen molar-refractivity contribution >= 4 is 17.9 Å². The van der Waals surface area contributed by atoms with Crippen LogP contribution in [0, 0.1) is 6.57 Å². The molecule has 4 fully saturated rings. The number of alkyl carbamates (subject to hydrolysis) is 1. The number of aromatic nitrogens is 1. The number of hydrogen-bond acceptors (Lipinski definition) is 6. The average molecular weight is 524 g/mol. The van der Waals surface area contributed by atoms with Crippen LogP contribution in [0.1, 0.15) is 77.2 Å². The van der Waals surface area contributed by atoms with Gasteiger partial charge in [-0.1, -0.05) is 0 Å². The Balaban J connectivity index is 1.37. The molecule has 1 unspecified atom stereocenters. The van der Waals surface area contributed by atoms with Crippen LogP contribution < -0.4 is 10.1 Å². The number of carbonyl (C=O) groups excluding carboxylic acids is 3. The van der Waals surface area contributed by atoms with Crippen molar-refractivity contribution in [2.75, 3.05) is 13.7 Å². The predicted octanol–water partition coefficient (Wildman–Crippen LogP) is 3.27. The highest BCUT2D eigenvalue weighted by Crippen LogP contribution is 2.56. The number of rotatable bonds is 4. The fourth-order valence-electron chi connectivity index (χ4n) is 6.63. The number of carbonyl (C=O) groups is 3. The quantitative estimate of drug-likeness (QED) is 0.608. The van der Waals surface area contributed by atoms with Crippen LogP contribution in [0.15, 0.2) is 18.5 Å². The number of fused-ring (bicyclic) bond motifs is 1. The second-order valence-electron chi connectivity index (χ2n) is 12.0. The maximum atomic E-state index is 14.2. The number of nitrogens with zero attached hydrogens (tertiary/aromatic N) is 4. The molecule has 4 aliphatic rings. The SMILES string of the molecule is [C-]#[N+][C@@H]1C(c2cncc(OC)c2)CN(C(=O)[C@@H]2CC[C@@H]3CCC[C@H](NC(=O)OC(C)(C)C)C(=O)N32)C12CC2. The topological polar surface area (TPSA) is 105 Å². The monoisotopic (exact) mass is 523 g/mol. The van der Waals surface area contributed by atoms with Crippen LogP contribution in [0.2, 0.25) is 0 Å². The second-order valence-corrected chi connectivity index (χ2v) is 12.0. The summed E-state index contributed by atoms with van der Waals surface area (Å²) in [5, 5.41) is 2.76. The zero-order valence-corrected chi connectivity index (χ0v) is 22.6. The molecular weight excluding hydrogens is 486 g/mol. The number of amides is 3. The Bertz CT molecular complexity index is 1150. The summed E-state index contributed by atoms with van der Waals surface area (Å²) in [4.78, 5) is 52.3. The van der Waals surface area contributed by atoms with Crippen molar-refractivity contribution in [1.29, 1.82) is 0 Å². The normalized spacial score (nSPS) is 29.9. The highest BCUT2D eigenvalue weighted by molar-refractivity contribution is 5.93. The molecule has 0 bridgehead atoms. The first-order valence-electron chi connectivity index (χ1n) is 13.6. The van der Waals surface area contributed by atoms with Gasteiger partial charge in [0.1, 0.15) is 29.0 Å². The molecule has 3 aliphatic heterocycles. The molecule has 3 saturated heterocycles. The molecule has 5 rings (SSSR count). The molecule has 5 atom stereocenters. The summed E-state index contributed by atoms with van der Waals surface area (Å²) in [6.45, 7) is 13.8. The van der Waals surface area contributed by atoms with Gasteiger partial charge in [0.2, 0.25) is 11.8 Å². The van der Waals surface area contributed by atoms with Crippen molar-refractivity contribution in [3.63, 3.8) is 0 Å². The minimum atomic E-state index is -0.719. The predicted molar refractivity (Wildman–Crippen MR) is 138 cm³/mol. The van der Waals surface area contributed by atoms with Gasteiger partial charge in [-0.2, -0.15) is 0 Å². The lowest BCUT2D eigenvalue weighted by Gasteiger charge is -2.34. The molecule has 10 heteroatoms. The Morgan fingerprint density at radius 3 is 2.61 bits per heavy atom. The first-order chi connectivity index (χ1) is 18.1. The molecule has 1 aromatic heterocycles. The minimum absolute atomic E-state index is 0.0188. The van der Waals surface area contributed by atoms with Crippen molar-refractivity contribution < 1.29 is 23.9 Å². The van der Waals surface area contributed by atoms with Gasteiger partial charge in [-0.15, -0.1) is 0 Å². The highest BCUT2D eigenvalue weighted by Gasteiger charge is 2.68. The molecule has 38 heavy (non-hydrogen) atoms. The van der Waals surface area contributed by atoms with Gasteiger partial charge in [-0.05, 0) is 77.3 Å². The first-order valence-corrected chi connectivity index (χ1v) is 13.6. The van der Waals surface area contributed by atoms with Gasteiger partial charge in [0.15, 0.2) is 0 Å². The summed E-state index contributed by atoms with van der Waals surface area (Å²) in [5.74, 6) is 0.162. The van der Waals surface area contributed by atoms with E-state index in [0.717, 1.165) is 37.7 Å². The third-order valence-electron chi connectivity index (χ3n) is 8.48. The van der Waals surface area contributed by atoms with Gasteiger partial charge in [-0.3, -0.25) is 14.6 Å². The third-order valence-corrected chi connectivity index (χ3v) is 8.48. The van der Waals surface area contributed by atoms with Gasteiger partial charge in [0.05, 0.1) is 19.2 Å². The second kappa shape index (κ2) is 9.75. The van der Waals surface area contributed by atoms with Crippen LogP contribution in [0.4, 0.5) is 4.79 Å². The Morgan fingerprint density at radius 1 is 1.18 bits per heavy atom. The van der Waals surface area contributed by atoms with E-state index in [-0.39, 0.29) is 29.8 Å². The molecule has 3 amide bonds. The zero-order valence-electron chi connectivity index (χ0n) is 22.6. The van der Waals surface area contributed by atoms with Crippen LogP contribution >= 0.6 is 0 Å². The van der Waals surface area contributed by atoms with Crippen LogP contribution in [-0.4, -0.2) is 81.7 Å². The van der Waals surface area contributed by atoms with Crippen molar-refractivity contribution in [1.82, 2.24) is 20.1 Å². The summed E-state index contributed by atoms with van der Waals surface area (Å²) < 4.78 is 10.7. The number of hydrogen-bond donors (Lipinski definition) is 1. The Morgan fingerprint density at radius 2 is 1.95 bits per heavy atom. The molecule has 1 N–H and O–H groups in total. The van der Waals surface area contributed by atoms with Crippen LogP contribution in [0.25, 0.3) is 4.85 Å². The first kappa shape index (κ1) is 26.3. The van der Waals surface area contributed by atoms with E-state index in [2.05, 4.69) is 15.1 Å². The molecule has 1 aromatic rings. The highest BCUT2D eigenvalue weighted by atomic mass is 16.6. The van der Waals surface area contributed by atoms with Crippen LogP contribution in [0.5, 0.6) is 5.75 Å². The van der Waals surface area contributed by atoms with Crippen LogP contribution in [0.3, 0.4) is 0 Å². The Kier molecular flexibility index (Phi) is 6.74. The number of pyridine rings is 1. The third kappa shape index (κ3) is 4.67. The van der Waals surface area contributed by atoms with Gasteiger partial charge in [0.25, 0.3) is 6.04 Å². The Hall–Kier alpha value is -3.35. The fourth-order valence-corrected chi connectivity index (χ4v) is 6.63. The maximum absolute atomic E-state index is 14.2. The molecule has 10 nitrogen and oxygen atoms in total. The Labute approximate surface area is 223 Å². The number of ether oxygens (including phenoxy) is 2. The smallest absolute Gasteiger partial charge is 0.408 e. The molecule has 0 aromatic carbocycles. The van der Waals surface area contributed by atoms with Gasteiger partial charge in [0, 0.05) is 18.8 Å². The van der Waals surface area contributed by atoms with Gasteiger partial charge in [-0.25, -0.2) is 11.4 Å². The van der Waals surface area contributed by atoms with E-state index in [1.807, 2.05) is 11.0 Å². The van der Waals surface area contributed by atoms with Crippen molar-refractivity contribution in [3.8, 4) is 5.75 Å². The van der Waals surface area contributed by atoms with E-state index in [4.69, 9.17) is 16.0 Å². The largest absolute Gasteiger partial charge is 0.495 e. The van der Waals surface area contributed by atoms with Crippen LogP contribution in [-0.2, 0) is 14.3 Å². The van der Waals surface area contributed by atoms with E-state index in [0.29, 0.717) is 25.1 Å². The lowest BCUT2D eigenvalue weighted by molar-refractivity contribution is -0.147. The van der Waals surface area contributed by atoms with E-state index < -0.39 is 29.3 Å². The lowest BCUT2D eigenvalue weighted by Crippen LogP contribution is -2.56. The lowest BCUT2D eigenvalue weighted by atomic mass is 9.91. The average Bonchev–Trinajstić information content (AvgIpc) is 3.47. The minimum Gasteiger partial charge on any atom is -0.495 e. The van der Waals surface area contributed by atoms with Crippen molar-refractivity contribution in [2.24, 2.45) is 0 Å². The number of nitrogens with one attached hydrogen (secondary N) is 1. The van der Waals surface area contributed by atoms with Crippen molar-refractivity contribution in [3.05, 3.63) is 35.4 Å². The molecule has 4 heterocycles. The molecule has 1 spiro atoms. The zero-order chi connectivity index (χ0) is 27.2. The molecule has 0 radical (unpaired) electrons. The van der Waals surface area contributed by atoms with Crippen molar-refractivity contribution in [2.45, 2.75) is 107 Å². The summed E-state index contributed by atoms with van der Waals surface area (Å²) >= 11 is 0. The van der Waals surface area contributed by atoms with E-state index in [9.17, 15) is 14.4 Å². The summed E-state index contributed by atoms with van der Waals surface area (Å²) in [7, 11) is 1.58. The fraction of sp³-hybridized carbons (Fsp3) is 0.679. The molecule has 204 valence electrons. The molecule has 1 aliphatic carbocycles. The van der Waals surface area contributed by atoms with E-state index in [1.165, 1.54) is 0 Å². The van der Waals surface area contributed by atoms with E-state index >= 15 is 0 Å². The van der Waals surface area contributed by atoms with Gasteiger partial charge >= 0.3 is 6.09 Å². The molecule has 1 saturated carbocycles. The number of likely N-dealkylation sites (tertiary alicyclic amines) is 1. The maximum Gasteiger partial charge on any atom is 0.408 e. The standard InChI is InChI=1S/C28H37N5O5/c1-27(2,3)38-26(36)31-21-8-6-7-18-9-10-22(33(18)24(21)34)25(35)32-16-20(23(29-4)28(32)11-12-28)17-13-19(37-5)15-30-14-17/h13-15,18,20-23H,6-12,16H2,1-3,5H3,(H,31,36)/t18-,20?,21-,22-,23+/m0/s1. The van der Waals surface area contributed by atoms with E-state index in [1.54, 1.807) is 45.2 Å².